The Morgan fingerprint density at radius 3 is 2.67 bits per heavy atom. The molecule has 0 N–H and O–H groups in total. The fraction of sp³-hybridized carbons (Fsp3) is 0.615. The van der Waals surface area contributed by atoms with Gasteiger partial charge in [-0.25, -0.2) is 0 Å². The SMILES string of the molecule is Cc1cccc(C2CN3CCC2CC3)n1. The van der Waals surface area contributed by atoms with Crippen molar-refractivity contribution in [2.45, 2.75) is 25.7 Å². The van der Waals surface area contributed by atoms with Crippen LogP contribution in [0.1, 0.15) is 30.1 Å². The first-order valence-electron chi connectivity index (χ1n) is 5.99. The molecule has 2 heteroatoms. The van der Waals surface area contributed by atoms with E-state index < -0.39 is 0 Å². The standard InChI is InChI=1S/C13H18N2/c1-10-3-2-4-13(14-10)12-9-15-7-5-11(12)6-8-15/h2-4,11-12H,5-9H2,1H3. The van der Waals surface area contributed by atoms with Gasteiger partial charge in [0.05, 0.1) is 0 Å². The molecule has 15 heavy (non-hydrogen) atoms. The largest absolute Gasteiger partial charge is 0.303 e. The molecule has 4 heterocycles. The van der Waals surface area contributed by atoms with Crippen molar-refractivity contribution in [3.63, 3.8) is 0 Å². The Kier molecular flexibility index (Phi) is 2.24. The van der Waals surface area contributed by atoms with E-state index in [0.29, 0.717) is 5.92 Å². The van der Waals surface area contributed by atoms with Crippen molar-refractivity contribution >= 4 is 0 Å². The molecule has 0 aliphatic carbocycles. The number of aromatic nitrogens is 1. The molecule has 2 nitrogen and oxygen atoms in total. The van der Waals surface area contributed by atoms with Gasteiger partial charge >= 0.3 is 0 Å². The van der Waals surface area contributed by atoms with Crippen LogP contribution in [0, 0.1) is 12.8 Å². The second-order valence-electron chi connectivity index (χ2n) is 4.95. The van der Waals surface area contributed by atoms with Crippen molar-refractivity contribution in [1.82, 2.24) is 9.88 Å². The number of fused-ring (bicyclic) bond motifs is 3. The van der Waals surface area contributed by atoms with Crippen LogP contribution in [-0.2, 0) is 0 Å². The van der Waals surface area contributed by atoms with Crippen LogP contribution in [0.5, 0.6) is 0 Å². The second-order valence-corrected chi connectivity index (χ2v) is 4.95. The lowest BCUT2D eigenvalue weighted by molar-refractivity contribution is 0.0854. The van der Waals surface area contributed by atoms with Gasteiger partial charge in [-0.05, 0) is 50.9 Å². The molecule has 4 rings (SSSR count). The molecule has 0 radical (unpaired) electrons. The van der Waals surface area contributed by atoms with Crippen LogP contribution in [0.15, 0.2) is 18.2 Å². The Morgan fingerprint density at radius 2 is 2.07 bits per heavy atom. The zero-order valence-corrected chi connectivity index (χ0v) is 9.32. The van der Waals surface area contributed by atoms with Gasteiger partial charge in [0.1, 0.15) is 0 Å². The lowest BCUT2D eigenvalue weighted by Crippen LogP contribution is -2.46. The predicted octanol–water partition coefficient (Wildman–Crippen LogP) is 2.20. The molecule has 0 amide bonds. The molecule has 1 atom stereocenters. The van der Waals surface area contributed by atoms with Gasteiger partial charge in [0.15, 0.2) is 0 Å². The van der Waals surface area contributed by atoms with Crippen LogP contribution < -0.4 is 0 Å². The fourth-order valence-corrected chi connectivity index (χ4v) is 3.07. The maximum Gasteiger partial charge on any atom is 0.0453 e. The summed E-state index contributed by atoms with van der Waals surface area (Å²) in [7, 11) is 0. The van der Waals surface area contributed by atoms with Crippen LogP contribution in [0.25, 0.3) is 0 Å². The molecule has 3 aliphatic heterocycles. The van der Waals surface area contributed by atoms with E-state index in [1.807, 2.05) is 0 Å². The van der Waals surface area contributed by atoms with Crippen molar-refractivity contribution < 1.29 is 0 Å². The van der Waals surface area contributed by atoms with Crippen LogP contribution in [0.2, 0.25) is 0 Å². The zero-order valence-electron chi connectivity index (χ0n) is 9.32. The van der Waals surface area contributed by atoms with Gasteiger partial charge in [-0.3, -0.25) is 4.98 Å². The molecule has 1 aromatic rings. The first-order chi connectivity index (χ1) is 7.33. The highest BCUT2D eigenvalue weighted by Gasteiger charge is 2.35. The third-order valence-corrected chi connectivity index (χ3v) is 3.95. The Hall–Kier alpha value is -0.890. The summed E-state index contributed by atoms with van der Waals surface area (Å²) in [4.78, 5) is 7.28. The van der Waals surface area contributed by atoms with Crippen molar-refractivity contribution in [2.75, 3.05) is 19.6 Å². The van der Waals surface area contributed by atoms with Crippen LogP contribution in [-0.4, -0.2) is 29.5 Å². The molecular weight excluding hydrogens is 184 g/mol. The van der Waals surface area contributed by atoms with E-state index in [9.17, 15) is 0 Å². The van der Waals surface area contributed by atoms with E-state index in [4.69, 9.17) is 0 Å². The molecule has 0 spiro atoms. The van der Waals surface area contributed by atoms with Gasteiger partial charge in [0.25, 0.3) is 0 Å². The molecule has 3 saturated heterocycles. The van der Waals surface area contributed by atoms with Crippen molar-refractivity contribution in [1.29, 1.82) is 0 Å². The van der Waals surface area contributed by atoms with E-state index in [0.717, 1.165) is 11.6 Å². The Balaban J connectivity index is 1.88. The first kappa shape index (κ1) is 9.34. The molecular formula is C13H18N2. The summed E-state index contributed by atoms with van der Waals surface area (Å²) >= 11 is 0. The average Bonchev–Trinajstić information content (AvgIpc) is 2.30. The summed E-state index contributed by atoms with van der Waals surface area (Å²) in [5, 5.41) is 0. The van der Waals surface area contributed by atoms with E-state index in [1.165, 1.54) is 38.2 Å². The normalized spacial score (nSPS) is 34.3. The Bertz CT molecular complexity index is 353. The molecule has 3 aliphatic rings. The highest BCUT2D eigenvalue weighted by atomic mass is 15.1. The summed E-state index contributed by atoms with van der Waals surface area (Å²) in [5.41, 5.74) is 2.48. The lowest BCUT2D eigenvalue weighted by Gasteiger charge is -2.44. The average molecular weight is 202 g/mol. The summed E-state index contributed by atoms with van der Waals surface area (Å²) in [6.07, 6.45) is 2.75. The first-order valence-corrected chi connectivity index (χ1v) is 5.99. The van der Waals surface area contributed by atoms with Crippen molar-refractivity contribution in [2.24, 2.45) is 5.92 Å². The molecule has 3 fully saturated rings. The van der Waals surface area contributed by atoms with Gasteiger partial charge < -0.3 is 4.90 Å². The summed E-state index contributed by atoms with van der Waals surface area (Å²) in [6, 6.07) is 6.44. The topological polar surface area (TPSA) is 16.1 Å². The minimum absolute atomic E-state index is 0.701. The highest BCUT2D eigenvalue weighted by Crippen LogP contribution is 2.37. The second kappa shape index (κ2) is 3.60. The number of piperidine rings is 3. The number of rotatable bonds is 1. The van der Waals surface area contributed by atoms with E-state index in [1.54, 1.807) is 0 Å². The molecule has 1 aromatic heterocycles. The van der Waals surface area contributed by atoms with Gasteiger partial charge in [-0.15, -0.1) is 0 Å². The molecule has 0 saturated carbocycles. The Morgan fingerprint density at radius 1 is 1.27 bits per heavy atom. The molecule has 80 valence electrons. The third kappa shape index (κ3) is 1.67. The van der Waals surface area contributed by atoms with Gasteiger partial charge in [0, 0.05) is 23.9 Å². The molecule has 1 unspecified atom stereocenters. The summed E-state index contributed by atoms with van der Waals surface area (Å²) in [5.74, 6) is 1.59. The molecule has 2 bridgehead atoms. The third-order valence-electron chi connectivity index (χ3n) is 3.95. The highest BCUT2D eigenvalue weighted by molar-refractivity contribution is 5.17. The van der Waals surface area contributed by atoms with Crippen LogP contribution >= 0.6 is 0 Å². The fourth-order valence-electron chi connectivity index (χ4n) is 3.07. The van der Waals surface area contributed by atoms with Crippen molar-refractivity contribution in [3.8, 4) is 0 Å². The van der Waals surface area contributed by atoms with Crippen LogP contribution in [0.4, 0.5) is 0 Å². The number of hydrogen-bond acceptors (Lipinski definition) is 2. The molecule has 0 aromatic carbocycles. The minimum atomic E-state index is 0.701. The number of aryl methyl sites for hydroxylation is 1. The van der Waals surface area contributed by atoms with Gasteiger partial charge in [0.2, 0.25) is 0 Å². The minimum Gasteiger partial charge on any atom is -0.303 e. The lowest BCUT2D eigenvalue weighted by atomic mass is 9.77. The van der Waals surface area contributed by atoms with E-state index in [-0.39, 0.29) is 0 Å². The van der Waals surface area contributed by atoms with Gasteiger partial charge in [-0.1, -0.05) is 6.07 Å². The predicted molar refractivity (Wildman–Crippen MR) is 60.9 cm³/mol. The maximum atomic E-state index is 4.69. The summed E-state index contributed by atoms with van der Waals surface area (Å²) in [6.45, 7) is 5.95. The maximum absolute atomic E-state index is 4.69. The number of nitrogens with zero attached hydrogens (tertiary/aromatic N) is 2. The number of pyridine rings is 1. The van der Waals surface area contributed by atoms with Crippen LogP contribution in [0.3, 0.4) is 0 Å². The monoisotopic (exact) mass is 202 g/mol. The number of hydrogen-bond donors (Lipinski definition) is 0. The zero-order chi connectivity index (χ0) is 10.3. The van der Waals surface area contributed by atoms with Crippen molar-refractivity contribution in [3.05, 3.63) is 29.6 Å². The van der Waals surface area contributed by atoms with Gasteiger partial charge in [-0.2, -0.15) is 0 Å². The smallest absolute Gasteiger partial charge is 0.0453 e. The van der Waals surface area contributed by atoms with E-state index in [2.05, 4.69) is 35.0 Å². The Labute approximate surface area is 91.3 Å². The van der Waals surface area contributed by atoms with E-state index >= 15 is 0 Å². The quantitative estimate of drug-likeness (QED) is 0.694. The summed E-state index contributed by atoms with van der Waals surface area (Å²) < 4.78 is 0.